The van der Waals surface area contributed by atoms with E-state index in [1.54, 1.807) is 37.3 Å². The standard InChI is InChI=1S/C16H13F2NO/c1-11-2-8-14(10-15(11)18)19-16(20)9-5-12-3-6-13(17)7-4-12/h2-10H,1H3,(H,19,20)/b9-5+. The predicted octanol–water partition coefficient (Wildman–Crippen LogP) is 3.93. The highest BCUT2D eigenvalue weighted by Crippen LogP contribution is 2.13. The van der Waals surface area contributed by atoms with Crippen molar-refractivity contribution in [2.45, 2.75) is 6.92 Å². The van der Waals surface area contributed by atoms with E-state index >= 15 is 0 Å². The molecule has 2 aromatic carbocycles. The predicted molar refractivity (Wildman–Crippen MR) is 75.2 cm³/mol. The number of carbonyl (C=O) groups excluding carboxylic acids is 1. The van der Waals surface area contributed by atoms with E-state index in [0.717, 1.165) is 0 Å². The van der Waals surface area contributed by atoms with Gasteiger partial charge >= 0.3 is 0 Å². The average Bonchev–Trinajstić information content (AvgIpc) is 2.42. The molecule has 0 aromatic heterocycles. The molecule has 0 radical (unpaired) electrons. The van der Waals surface area contributed by atoms with Crippen molar-refractivity contribution in [1.29, 1.82) is 0 Å². The minimum absolute atomic E-state index is 0.332. The third kappa shape index (κ3) is 3.75. The smallest absolute Gasteiger partial charge is 0.248 e. The monoisotopic (exact) mass is 273 g/mol. The van der Waals surface area contributed by atoms with Crippen LogP contribution in [0.3, 0.4) is 0 Å². The van der Waals surface area contributed by atoms with Crippen LogP contribution >= 0.6 is 0 Å². The van der Waals surface area contributed by atoms with Gasteiger partial charge in [-0.2, -0.15) is 0 Å². The van der Waals surface area contributed by atoms with E-state index in [1.807, 2.05) is 0 Å². The number of hydrogen-bond donors (Lipinski definition) is 1. The van der Waals surface area contributed by atoms with Crippen molar-refractivity contribution in [3.8, 4) is 0 Å². The third-order valence-corrected chi connectivity index (χ3v) is 2.74. The topological polar surface area (TPSA) is 29.1 Å². The summed E-state index contributed by atoms with van der Waals surface area (Å²) in [5, 5.41) is 2.55. The number of halogens is 2. The van der Waals surface area contributed by atoms with Gasteiger partial charge in [-0.05, 0) is 48.4 Å². The van der Waals surface area contributed by atoms with Crippen molar-refractivity contribution < 1.29 is 13.6 Å². The summed E-state index contributed by atoms with van der Waals surface area (Å²) < 4.78 is 26.0. The molecule has 0 saturated heterocycles. The van der Waals surface area contributed by atoms with Crippen LogP contribution < -0.4 is 5.32 Å². The zero-order valence-electron chi connectivity index (χ0n) is 10.9. The average molecular weight is 273 g/mol. The number of hydrogen-bond acceptors (Lipinski definition) is 1. The van der Waals surface area contributed by atoms with E-state index < -0.39 is 0 Å². The molecule has 102 valence electrons. The molecular weight excluding hydrogens is 260 g/mol. The highest BCUT2D eigenvalue weighted by atomic mass is 19.1. The lowest BCUT2D eigenvalue weighted by Crippen LogP contribution is -2.08. The number of nitrogens with one attached hydrogen (secondary N) is 1. The normalized spacial score (nSPS) is 10.8. The van der Waals surface area contributed by atoms with Crippen molar-refractivity contribution in [3.05, 3.63) is 71.3 Å². The lowest BCUT2D eigenvalue weighted by molar-refractivity contribution is -0.111. The first-order valence-corrected chi connectivity index (χ1v) is 6.05. The van der Waals surface area contributed by atoms with Gasteiger partial charge in [-0.3, -0.25) is 4.79 Å². The third-order valence-electron chi connectivity index (χ3n) is 2.74. The Kier molecular flexibility index (Phi) is 4.25. The van der Waals surface area contributed by atoms with Crippen molar-refractivity contribution in [3.63, 3.8) is 0 Å². The summed E-state index contributed by atoms with van der Waals surface area (Å²) in [6.07, 6.45) is 2.87. The van der Waals surface area contributed by atoms with Crippen LogP contribution in [0.25, 0.3) is 6.08 Å². The summed E-state index contributed by atoms with van der Waals surface area (Å²) in [5.74, 6) is -1.08. The van der Waals surface area contributed by atoms with Gasteiger partial charge in [0.15, 0.2) is 0 Å². The lowest BCUT2D eigenvalue weighted by atomic mass is 10.2. The fourth-order valence-electron chi connectivity index (χ4n) is 1.60. The van der Waals surface area contributed by atoms with Gasteiger partial charge in [-0.1, -0.05) is 18.2 Å². The van der Waals surface area contributed by atoms with Gasteiger partial charge in [-0.25, -0.2) is 8.78 Å². The van der Waals surface area contributed by atoms with E-state index in [4.69, 9.17) is 0 Å². The summed E-state index contributed by atoms with van der Waals surface area (Å²) in [5.41, 5.74) is 1.61. The fourth-order valence-corrected chi connectivity index (χ4v) is 1.60. The molecule has 1 N–H and O–H groups in total. The fraction of sp³-hybridized carbons (Fsp3) is 0.0625. The maximum Gasteiger partial charge on any atom is 0.248 e. The van der Waals surface area contributed by atoms with Crippen LogP contribution in [0, 0.1) is 18.6 Å². The molecular formula is C16H13F2NO. The van der Waals surface area contributed by atoms with E-state index in [1.165, 1.54) is 24.3 Å². The van der Waals surface area contributed by atoms with Crippen molar-refractivity contribution >= 4 is 17.7 Å². The Bertz CT molecular complexity index is 648. The van der Waals surface area contributed by atoms with Crippen LogP contribution in [-0.2, 0) is 4.79 Å². The van der Waals surface area contributed by atoms with Gasteiger partial charge in [0.05, 0.1) is 0 Å². The van der Waals surface area contributed by atoms with Crippen LogP contribution in [0.2, 0.25) is 0 Å². The Balaban J connectivity index is 2.01. The molecule has 0 aliphatic rings. The summed E-state index contributed by atoms with van der Waals surface area (Å²) in [4.78, 5) is 11.7. The zero-order chi connectivity index (χ0) is 14.5. The number of carbonyl (C=O) groups is 1. The minimum Gasteiger partial charge on any atom is -0.322 e. The Morgan fingerprint density at radius 2 is 1.80 bits per heavy atom. The highest BCUT2D eigenvalue weighted by Gasteiger charge is 2.01. The first kappa shape index (κ1) is 13.9. The lowest BCUT2D eigenvalue weighted by Gasteiger charge is -2.03. The summed E-state index contributed by atoms with van der Waals surface area (Å²) >= 11 is 0. The second-order valence-corrected chi connectivity index (χ2v) is 4.34. The number of benzene rings is 2. The quantitative estimate of drug-likeness (QED) is 0.844. The number of rotatable bonds is 3. The molecule has 2 aromatic rings. The molecule has 20 heavy (non-hydrogen) atoms. The summed E-state index contributed by atoms with van der Waals surface area (Å²) in [6, 6.07) is 10.2. The van der Waals surface area contributed by atoms with Gasteiger partial charge in [0.25, 0.3) is 0 Å². The number of aryl methyl sites for hydroxylation is 1. The molecule has 0 aliphatic carbocycles. The van der Waals surface area contributed by atoms with E-state index in [9.17, 15) is 13.6 Å². The van der Waals surface area contributed by atoms with Crippen LogP contribution in [0.4, 0.5) is 14.5 Å². The SMILES string of the molecule is Cc1ccc(NC(=O)/C=C/c2ccc(F)cc2)cc1F. The second kappa shape index (κ2) is 6.10. The molecule has 4 heteroatoms. The Labute approximate surface area is 115 Å². The van der Waals surface area contributed by atoms with Crippen LogP contribution in [0.1, 0.15) is 11.1 Å². The molecule has 2 rings (SSSR count). The van der Waals surface area contributed by atoms with Crippen LogP contribution in [0.5, 0.6) is 0 Å². The van der Waals surface area contributed by atoms with Gasteiger partial charge in [0, 0.05) is 11.8 Å². The number of anilines is 1. The van der Waals surface area contributed by atoms with Gasteiger partial charge < -0.3 is 5.32 Å². The van der Waals surface area contributed by atoms with Gasteiger partial charge in [0.2, 0.25) is 5.91 Å². The Morgan fingerprint density at radius 1 is 1.10 bits per heavy atom. The highest BCUT2D eigenvalue weighted by molar-refractivity contribution is 6.01. The maximum atomic E-state index is 13.3. The first-order chi connectivity index (χ1) is 9.54. The van der Waals surface area contributed by atoms with Gasteiger partial charge in [0.1, 0.15) is 11.6 Å². The molecule has 0 saturated carbocycles. The van der Waals surface area contributed by atoms with Crippen molar-refractivity contribution in [1.82, 2.24) is 0 Å². The molecule has 0 fully saturated rings. The molecule has 0 heterocycles. The largest absolute Gasteiger partial charge is 0.322 e. The molecule has 0 aliphatic heterocycles. The Hall–Kier alpha value is -2.49. The van der Waals surface area contributed by atoms with E-state index in [2.05, 4.69) is 5.32 Å². The van der Waals surface area contributed by atoms with E-state index in [-0.39, 0.29) is 17.5 Å². The molecule has 1 amide bonds. The molecule has 0 unspecified atom stereocenters. The van der Waals surface area contributed by atoms with E-state index in [0.29, 0.717) is 16.8 Å². The number of amides is 1. The van der Waals surface area contributed by atoms with Gasteiger partial charge in [-0.15, -0.1) is 0 Å². The molecule has 2 nitrogen and oxygen atoms in total. The van der Waals surface area contributed by atoms with Crippen molar-refractivity contribution in [2.24, 2.45) is 0 Å². The zero-order valence-corrected chi connectivity index (χ0v) is 10.9. The van der Waals surface area contributed by atoms with Crippen LogP contribution in [-0.4, -0.2) is 5.91 Å². The second-order valence-electron chi connectivity index (χ2n) is 4.34. The summed E-state index contributed by atoms with van der Waals surface area (Å²) in [6.45, 7) is 1.65. The van der Waals surface area contributed by atoms with Crippen LogP contribution in [0.15, 0.2) is 48.5 Å². The first-order valence-electron chi connectivity index (χ1n) is 6.05. The maximum absolute atomic E-state index is 13.3. The molecule has 0 bridgehead atoms. The molecule has 0 atom stereocenters. The van der Waals surface area contributed by atoms with Crippen molar-refractivity contribution in [2.75, 3.05) is 5.32 Å². The summed E-state index contributed by atoms with van der Waals surface area (Å²) in [7, 11) is 0. The minimum atomic E-state index is -0.377. The Morgan fingerprint density at radius 3 is 2.45 bits per heavy atom. The molecule has 0 spiro atoms.